The summed E-state index contributed by atoms with van der Waals surface area (Å²) in [5.41, 5.74) is -4.88. The number of carboxylic acid groups (broad SMARTS) is 1. The van der Waals surface area contributed by atoms with E-state index in [4.69, 9.17) is 5.11 Å². The van der Waals surface area contributed by atoms with Crippen LogP contribution in [-0.2, 0) is 21.7 Å². The SMILES string of the molecule is CC(C)(C)[S+]([O-])N[C@@](c1ccccc1F)(C(F)F)C(F)(F)/C=C/C(=O)O. The van der Waals surface area contributed by atoms with Crippen LogP contribution in [0.1, 0.15) is 26.3 Å². The van der Waals surface area contributed by atoms with Crippen LogP contribution in [0, 0.1) is 5.82 Å². The minimum Gasteiger partial charge on any atom is -0.598 e. The van der Waals surface area contributed by atoms with Crippen molar-refractivity contribution in [1.29, 1.82) is 0 Å². The second-order valence-electron chi connectivity index (χ2n) is 6.37. The number of alkyl halides is 4. The van der Waals surface area contributed by atoms with Crippen molar-refractivity contribution in [3.63, 3.8) is 0 Å². The van der Waals surface area contributed by atoms with E-state index in [-0.39, 0.29) is 12.2 Å². The molecule has 0 radical (unpaired) electrons. The third kappa shape index (κ3) is 4.54. The molecule has 1 rings (SSSR count). The van der Waals surface area contributed by atoms with E-state index in [1.54, 1.807) is 4.72 Å². The van der Waals surface area contributed by atoms with E-state index < -0.39 is 51.3 Å². The number of nitrogens with one attached hydrogen (secondary N) is 1. The third-order valence-electron chi connectivity index (χ3n) is 3.40. The molecule has 0 saturated carbocycles. The van der Waals surface area contributed by atoms with Gasteiger partial charge in [0.2, 0.25) is 5.54 Å². The van der Waals surface area contributed by atoms with Gasteiger partial charge < -0.3 is 9.66 Å². The van der Waals surface area contributed by atoms with E-state index >= 15 is 0 Å². The highest BCUT2D eigenvalue weighted by Gasteiger charge is 2.64. The molecule has 146 valence electrons. The predicted octanol–water partition coefficient (Wildman–Crippen LogP) is 3.61. The molecule has 0 aliphatic heterocycles. The Labute approximate surface area is 150 Å². The Kier molecular flexibility index (Phi) is 6.83. The number of carboxylic acids is 1. The molecule has 26 heavy (non-hydrogen) atoms. The molecular formula is C16H18F5NO3S. The smallest absolute Gasteiger partial charge is 0.328 e. The lowest BCUT2D eigenvalue weighted by molar-refractivity contribution is -0.132. The highest BCUT2D eigenvalue weighted by atomic mass is 32.2. The molecule has 0 aromatic heterocycles. The number of rotatable bonds is 7. The Morgan fingerprint density at radius 2 is 1.81 bits per heavy atom. The summed E-state index contributed by atoms with van der Waals surface area (Å²) in [5, 5.41) is 8.56. The quantitative estimate of drug-likeness (QED) is 0.417. The minimum absolute atomic E-state index is 0.0281. The fraction of sp³-hybridized carbons (Fsp3) is 0.438. The number of benzene rings is 1. The van der Waals surface area contributed by atoms with Crippen molar-refractivity contribution in [2.45, 2.75) is 43.4 Å². The van der Waals surface area contributed by atoms with Crippen LogP contribution in [0.5, 0.6) is 0 Å². The summed E-state index contributed by atoms with van der Waals surface area (Å²) >= 11 is -2.45. The summed E-state index contributed by atoms with van der Waals surface area (Å²) in [6, 6.07) is 3.58. The van der Waals surface area contributed by atoms with Crippen molar-refractivity contribution in [3.05, 3.63) is 47.8 Å². The molecule has 0 amide bonds. The van der Waals surface area contributed by atoms with Gasteiger partial charge in [-0.2, -0.15) is 8.78 Å². The van der Waals surface area contributed by atoms with Gasteiger partial charge in [-0.3, -0.25) is 0 Å². The van der Waals surface area contributed by atoms with Crippen LogP contribution in [-0.4, -0.2) is 32.7 Å². The van der Waals surface area contributed by atoms with Gasteiger partial charge in [-0.25, -0.2) is 18.0 Å². The summed E-state index contributed by atoms with van der Waals surface area (Å²) in [6.07, 6.45) is -4.24. The van der Waals surface area contributed by atoms with Gasteiger partial charge in [0.15, 0.2) is 0 Å². The summed E-state index contributed by atoms with van der Waals surface area (Å²) in [4.78, 5) is 10.6. The lowest BCUT2D eigenvalue weighted by Crippen LogP contribution is -2.64. The maximum Gasteiger partial charge on any atom is 0.328 e. The highest BCUT2D eigenvalue weighted by molar-refractivity contribution is 7.90. The first-order valence-electron chi connectivity index (χ1n) is 7.28. The largest absolute Gasteiger partial charge is 0.598 e. The zero-order valence-corrected chi connectivity index (χ0v) is 14.9. The average Bonchev–Trinajstić information content (AvgIpc) is 2.49. The first kappa shape index (κ1) is 22.4. The molecule has 0 aliphatic carbocycles. The Morgan fingerprint density at radius 3 is 2.23 bits per heavy atom. The van der Waals surface area contributed by atoms with Crippen molar-refractivity contribution in [2.24, 2.45) is 0 Å². The molecule has 0 saturated heterocycles. The monoisotopic (exact) mass is 399 g/mol. The average molecular weight is 399 g/mol. The maximum absolute atomic E-state index is 14.8. The molecule has 0 fully saturated rings. The Morgan fingerprint density at radius 1 is 1.27 bits per heavy atom. The van der Waals surface area contributed by atoms with Gasteiger partial charge in [0.05, 0.1) is 0 Å². The van der Waals surface area contributed by atoms with E-state index in [1.807, 2.05) is 0 Å². The van der Waals surface area contributed by atoms with Crippen molar-refractivity contribution in [2.75, 3.05) is 0 Å². The highest BCUT2D eigenvalue weighted by Crippen LogP contribution is 2.45. The van der Waals surface area contributed by atoms with Crippen molar-refractivity contribution in [1.82, 2.24) is 4.72 Å². The van der Waals surface area contributed by atoms with Gasteiger partial charge in [0.25, 0.3) is 12.3 Å². The predicted molar refractivity (Wildman–Crippen MR) is 86.8 cm³/mol. The van der Waals surface area contributed by atoms with Crippen molar-refractivity contribution in [3.8, 4) is 0 Å². The molecule has 0 heterocycles. The van der Waals surface area contributed by atoms with Crippen LogP contribution in [0.25, 0.3) is 0 Å². The van der Waals surface area contributed by atoms with Gasteiger partial charge in [-0.1, -0.05) is 18.2 Å². The molecule has 0 spiro atoms. The molecule has 1 aromatic rings. The van der Waals surface area contributed by atoms with Crippen LogP contribution < -0.4 is 4.72 Å². The van der Waals surface area contributed by atoms with Crippen LogP contribution in [0.4, 0.5) is 22.0 Å². The molecule has 10 heteroatoms. The molecule has 0 bridgehead atoms. The molecule has 0 aliphatic rings. The topological polar surface area (TPSA) is 72.4 Å². The second-order valence-corrected chi connectivity index (χ2v) is 8.33. The lowest BCUT2D eigenvalue weighted by Gasteiger charge is -2.40. The number of halogens is 5. The van der Waals surface area contributed by atoms with Gasteiger partial charge in [0, 0.05) is 23.0 Å². The summed E-state index contributed by atoms with van der Waals surface area (Å²) < 4.78 is 84.4. The zero-order valence-electron chi connectivity index (χ0n) is 14.1. The molecule has 2 atom stereocenters. The van der Waals surface area contributed by atoms with E-state index in [2.05, 4.69) is 0 Å². The van der Waals surface area contributed by atoms with E-state index in [0.29, 0.717) is 12.1 Å². The van der Waals surface area contributed by atoms with Crippen LogP contribution in [0.3, 0.4) is 0 Å². The number of aliphatic carboxylic acids is 1. The Hall–Kier alpha value is -1.65. The molecule has 4 nitrogen and oxygen atoms in total. The van der Waals surface area contributed by atoms with Crippen LogP contribution in [0.15, 0.2) is 36.4 Å². The fourth-order valence-electron chi connectivity index (χ4n) is 2.00. The molecule has 2 N–H and O–H groups in total. The standard InChI is InChI=1S/C16H18F5NO3S/c1-14(2,3)26(25)22-16(13(18)19,10-6-4-5-7-11(10)17)15(20,21)9-8-12(23)24/h4-9,13,22H,1-3H3,(H,23,24)/b9-8+/t16-,26?/m0/s1. The second kappa shape index (κ2) is 7.93. The number of hydrogen-bond acceptors (Lipinski definition) is 3. The van der Waals surface area contributed by atoms with Crippen molar-refractivity contribution < 1.29 is 36.4 Å². The summed E-state index contributed by atoms with van der Waals surface area (Å²) in [7, 11) is 0. The number of hydrogen-bond donors (Lipinski definition) is 2. The van der Waals surface area contributed by atoms with E-state index in [1.165, 1.54) is 20.8 Å². The Balaban J connectivity index is 3.72. The van der Waals surface area contributed by atoms with Crippen molar-refractivity contribution >= 4 is 17.3 Å². The lowest BCUT2D eigenvalue weighted by atomic mass is 9.84. The van der Waals surface area contributed by atoms with Crippen LogP contribution >= 0.6 is 0 Å². The molecular weight excluding hydrogens is 381 g/mol. The summed E-state index contributed by atoms with van der Waals surface area (Å²) in [6.45, 7) is 4.04. The van der Waals surface area contributed by atoms with E-state index in [0.717, 1.165) is 12.1 Å². The van der Waals surface area contributed by atoms with Gasteiger partial charge in [-0.15, -0.1) is 4.72 Å². The minimum atomic E-state index is -4.59. The molecule has 1 aromatic carbocycles. The van der Waals surface area contributed by atoms with E-state index in [9.17, 15) is 31.3 Å². The first-order chi connectivity index (χ1) is 11.8. The fourth-order valence-corrected chi connectivity index (χ4v) is 2.93. The van der Waals surface area contributed by atoms with Gasteiger partial charge >= 0.3 is 5.97 Å². The number of carbonyl (C=O) groups is 1. The molecule has 1 unspecified atom stereocenters. The van der Waals surface area contributed by atoms with Gasteiger partial charge in [0.1, 0.15) is 10.6 Å². The maximum atomic E-state index is 14.8. The summed E-state index contributed by atoms with van der Waals surface area (Å²) in [5.74, 6) is -7.78. The normalized spacial score (nSPS) is 16.7. The van der Waals surface area contributed by atoms with Crippen LogP contribution in [0.2, 0.25) is 0 Å². The third-order valence-corrected chi connectivity index (χ3v) is 5.02. The van der Waals surface area contributed by atoms with Gasteiger partial charge in [-0.05, 0) is 32.9 Å². The first-order valence-corrected chi connectivity index (χ1v) is 8.43. The Bertz CT molecular complexity index is 678. The zero-order chi connectivity index (χ0) is 20.3.